The van der Waals surface area contributed by atoms with Crippen LogP contribution >= 0.6 is 11.8 Å². The molecule has 0 amide bonds. The zero-order valence-corrected chi connectivity index (χ0v) is 15.6. The Morgan fingerprint density at radius 2 is 1.88 bits per heavy atom. The molecule has 0 saturated carbocycles. The molecule has 3 rings (SSSR count). The van der Waals surface area contributed by atoms with Crippen LogP contribution in [0.3, 0.4) is 0 Å². The number of hydrogen-bond donors (Lipinski definition) is 0. The van der Waals surface area contributed by atoms with Gasteiger partial charge in [-0.05, 0) is 31.0 Å². The summed E-state index contributed by atoms with van der Waals surface area (Å²) in [7, 11) is -2.94. The molecule has 1 fully saturated rings. The highest BCUT2D eigenvalue weighted by Gasteiger charge is 2.29. The van der Waals surface area contributed by atoms with E-state index in [1.54, 1.807) is 12.1 Å². The van der Waals surface area contributed by atoms with Crippen molar-refractivity contribution in [3.8, 4) is 0 Å². The van der Waals surface area contributed by atoms with Gasteiger partial charge in [0.2, 0.25) is 0 Å². The van der Waals surface area contributed by atoms with Crippen LogP contribution in [0.4, 0.5) is 0 Å². The fraction of sp³-hybridized carbons (Fsp3) is 0.316. The van der Waals surface area contributed by atoms with Crippen molar-refractivity contribution in [1.29, 1.82) is 0 Å². The van der Waals surface area contributed by atoms with Crippen molar-refractivity contribution in [2.45, 2.75) is 30.1 Å². The number of aryl methyl sites for hydroxylation is 1. The monoisotopic (exact) mass is 376 g/mol. The third-order valence-corrected chi connectivity index (χ3v) is 7.41. The summed E-state index contributed by atoms with van der Waals surface area (Å²) in [6.45, 7) is 2.22. The fourth-order valence-electron chi connectivity index (χ4n) is 2.68. The van der Waals surface area contributed by atoms with Gasteiger partial charge >= 0.3 is 5.97 Å². The quantitative estimate of drug-likeness (QED) is 0.746. The number of thioether (sulfide) groups is 1. The van der Waals surface area contributed by atoms with Gasteiger partial charge in [-0.15, -0.1) is 11.8 Å². The Hall–Kier alpha value is -1.79. The molecule has 0 bridgehead atoms. The van der Waals surface area contributed by atoms with Crippen LogP contribution in [0.15, 0.2) is 53.4 Å². The molecule has 0 spiro atoms. The van der Waals surface area contributed by atoms with Crippen molar-refractivity contribution in [1.82, 2.24) is 0 Å². The summed E-state index contributed by atoms with van der Waals surface area (Å²) in [6.07, 6.45) is 0.625. The van der Waals surface area contributed by atoms with Crippen LogP contribution in [0, 0.1) is 6.92 Å². The van der Waals surface area contributed by atoms with Crippen LogP contribution < -0.4 is 0 Å². The van der Waals surface area contributed by atoms with E-state index in [2.05, 4.69) is 0 Å². The minimum atomic E-state index is -2.94. The van der Waals surface area contributed by atoms with Crippen molar-refractivity contribution < 1.29 is 17.9 Å². The predicted molar refractivity (Wildman–Crippen MR) is 99.7 cm³/mol. The minimum Gasteiger partial charge on any atom is -0.457 e. The Bertz CT molecular complexity index is 857. The van der Waals surface area contributed by atoms with Gasteiger partial charge < -0.3 is 4.74 Å². The Balaban J connectivity index is 1.67. The third-order valence-electron chi connectivity index (χ3n) is 4.08. The molecule has 2 aromatic rings. The second kappa shape index (κ2) is 7.62. The maximum atomic E-state index is 12.5. The van der Waals surface area contributed by atoms with E-state index in [0.29, 0.717) is 12.0 Å². The van der Waals surface area contributed by atoms with E-state index in [1.165, 1.54) is 11.8 Å². The van der Waals surface area contributed by atoms with Gasteiger partial charge in [0.25, 0.3) is 0 Å². The van der Waals surface area contributed by atoms with Crippen molar-refractivity contribution in [3.05, 3.63) is 65.2 Å². The highest BCUT2D eigenvalue weighted by atomic mass is 32.2. The van der Waals surface area contributed by atoms with Crippen LogP contribution in [0.1, 0.15) is 27.9 Å². The molecule has 1 heterocycles. The molecule has 4 nitrogen and oxygen atoms in total. The van der Waals surface area contributed by atoms with Crippen molar-refractivity contribution in [2.75, 3.05) is 11.5 Å². The maximum absolute atomic E-state index is 12.5. The zero-order valence-electron chi connectivity index (χ0n) is 14.0. The molecule has 1 saturated heterocycles. The first-order valence-electron chi connectivity index (χ1n) is 8.12. The Labute approximate surface area is 152 Å². The third kappa shape index (κ3) is 4.86. The molecular formula is C19H20O4S2. The lowest BCUT2D eigenvalue weighted by molar-refractivity contribution is 0.0468. The summed E-state index contributed by atoms with van der Waals surface area (Å²) < 4.78 is 28.7. The van der Waals surface area contributed by atoms with Crippen LogP contribution in [0.25, 0.3) is 0 Å². The highest BCUT2D eigenvalue weighted by molar-refractivity contribution is 8.02. The first-order valence-corrected chi connectivity index (χ1v) is 10.8. The number of esters is 1. The van der Waals surface area contributed by atoms with Crippen LogP contribution in [-0.2, 0) is 21.2 Å². The number of carbonyl (C=O) groups is 1. The fourth-order valence-corrected chi connectivity index (χ4v) is 6.30. The van der Waals surface area contributed by atoms with Gasteiger partial charge in [0, 0.05) is 10.1 Å². The largest absolute Gasteiger partial charge is 0.457 e. The lowest BCUT2D eigenvalue weighted by Gasteiger charge is -2.12. The maximum Gasteiger partial charge on any atom is 0.339 e. The summed E-state index contributed by atoms with van der Waals surface area (Å²) in [5.74, 6) is 0.0132. The SMILES string of the molecule is Cc1ccc(COC(=O)c2ccccc2S[C@@H]2CCS(=O)(=O)C2)cc1. The summed E-state index contributed by atoms with van der Waals surface area (Å²) in [5, 5.41) is -0.00366. The van der Waals surface area contributed by atoms with E-state index in [9.17, 15) is 13.2 Å². The summed E-state index contributed by atoms with van der Waals surface area (Å²) >= 11 is 1.45. The molecule has 0 aliphatic carbocycles. The normalized spacial score (nSPS) is 18.8. The molecule has 0 radical (unpaired) electrons. The highest BCUT2D eigenvalue weighted by Crippen LogP contribution is 2.33. The van der Waals surface area contributed by atoms with E-state index in [-0.39, 0.29) is 29.3 Å². The molecule has 6 heteroatoms. The van der Waals surface area contributed by atoms with E-state index < -0.39 is 9.84 Å². The summed E-state index contributed by atoms with van der Waals surface area (Å²) in [4.78, 5) is 13.2. The number of hydrogen-bond acceptors (Lipinski definition) is 5. The number of sulfone groups is 1. The van der Waals surface area contributed by atoms with Crippen LogP contribution in [0.5, 0.6) is 0 Å². The standard InChI is InChI=1S/C19H20O4S2/c1-14-6-8-15(9-7-14)12-23-19(20)17-4-2-3-5-18(17)24-16-10-11-25(21,22)13-16/h2-9,16H,10-13H2,1H3/t16-/m1/s1. The van der Waals surface area contributed by atoms with Crippen LogP contribution in [-0.4, -0.2) is 31.1 Å². The first kappa shape index (κ1) is 18.0. The van der Waals surface area contributed by atoms with Gasteiger partial charge in [0.1, 0.15) is 6.61 Å². The van der Waals surface area contributed by atoms with E-state index >= 15 is 0 Å². The predicted octanol–water partition coefficient (Wildman–Crippen LogP) is 3.63. The topological polar surface area (TPSA) is 60.4 Å². The summed E-state index contributed by atoms with van der Waals surface area (Å²) in [6, 6.07) is 15.0. The van der Waals surface area contributed by atoms with E-state index in [0.717, 1.165) is 16.0 Å². The van der Waals surface area contributed by atoms with Crippen molar-refractivity contribution in [3.63, 3.8) is 0 Å². The Kier molecular flexibility index (Phi) is 5.49. The zero-order chi connectivity index (χ0) is 17.9. The van der Waals surface area contributed by atoms with Crippen molar-refractivity contribution in [2.24, 2.45) is 0 Å². The van der Waals surface area contributed by atoms with Gasteiger partial charge in [-0.2, -0.15) is 0 Å². The molecule has 1 aliphatic heterocycles. The average Bonchev–Trinajstić information content (AvgIpc) is 2.93. The number of rotatable bonds is 5. The molecule has 0 aromatic heterocycles. The van der Waals surface area contributed by atoms with Gasteiger partial charge in [0.05, 0.1) is 17.1 Å². The minimum absolute atomic E-state index is 0.00366. The van der Waals surface area contributed by atoms with Crippen molar-refractivity contribution >= 4 is 27.6 Å². The molecule has 1 aliphatic rings. The molecule has 1 atom stereocenters. The molecule has 25 heavy (non-hydrogen) atoms. The molecule has 0 unspecified atom stereocenters. The lowest BCUT2D eigenvalue weighted by Crippen LogP contribution is -2.09. The lowest BCUT2D eigenvalue weighted by atomic mass is 10.2. The summed E-state index contributed by atoms with van der Waals surface area (Å²) in [5.41, 5.74) is 2.58. The van der Waals surface area contributed by atoms with Gasteiger partial charge in [-0.3, -0.25) is 0 Å². The van der Waals surface area contributed by atoms with Gasteiger partial charge in [-0.25, -0.2) is 13.2 Å². The number of benzene rings is 2. The first-order chi connectivity index (χ1) is 11.9. The Morgan fingerprint density at radius 1 is 1.16 bits per heavy atom. The second-order valence-electron chi connectivity index (χ2n) is 6.20. The number of ether oxygens (including phenoxy) is 1. The molecule has 132 valence electrons. The molecule has 0 N–H and O–H groups in total. The molecular weight excluding hydrogens is 356 g/mol. The molecule has 2 aromatic carbocycles. The van der Waals surface area contributed by atoms with Gasteiger partial charge in [-0.1, -0.05) is 42.0 Å². The smallest absolute Gasteiger partial charge is 0.339 e. The average molecular weight is 376 g/mol. The second-order valence-corrected chi connectivity index (χ2v) is 9.77. The Morgan fingerprint density at radius 3 is 2.56 bits per heavy atom. The number of carbonyl (C=O) groups excluding carboxylic acids is 1. The van der Waals surface area contributed by atoms with E-state index in [4.69, 9.17) is 4.74 Å². The van der Waals surface area contributed by atoms with Crippen LogP contribution in [0.2, 0.25) is 0 Å². The van der Waals surface area contributed by atoms with E-state index in [1.807, 2.05) is 43.3 Å². The van der Waals surface area contributed by atoms with Gasteiger partial charge in [0.15, 0.2) is 9.84 Å².